The normalized spacial score (nSPS) is 19.9. The number of aromatic nitrogens is 2. The Morgan fingerprint density at radius 3 is 2.89 bits per heavy atom. The molecule has 0 spiro atoms. The summed E-state index contributed by atoms with van der Waals surface area (Å²) in [7, 11) is 2.05. The van der Waals surface area contributed by atoms with Crippen LogP contribution in [0.4, 0.5) is 0 Å². The van der Waals surface area contributed by atoms with Crippen LogP contribution >= 0.6 is 0 Å². The van der Waals surface area contributed by atoms with Crippen molar-refractivity contribution < 1.29 is 0 Å². The van der Waals surface area contributed by atoms with Crippen LogP contribution in [0.25, 0.3) is 11.4 Å². The molecule has 3 heteroatoms. The molecule has 0 amide bonds. The smallest absolute Gasteiger partial charge is 0.139 e. The molecule has 3 rings (SSSR count). The zero-order valence-electron chi connectivity index (χ0n) is 10.8. The molecule has 1 aromatic carbocycles. The van der Waals surface area contributed by atoms with Crippen LogP contribution in [0, 0.1) is 0 Å². The van der Waals surface area contributed by atoms with Crippen LogP contribution in [-0.2, 0) is 7.05 Å². The van der Waals surface area contributed by atoms with E-state index in [1.54, 1.807) is 0 Å². The highest BCUT2D eigenvalue weighted by Gasteiger charge is 2.19. The summed E-state index contributed by atoms with van der Waals surface area (Å²) in [5.41, 5.74) is 2.64. The largest absolute Gasteiger partial charge is 0.334 e. The Balaban J connectivity index is 2.02. The molecule has 0 radical (unpaired) electrons. The van der Waals surface area contributed by atoms with Gasteiger partial charge >= 0.3 is 0 Å². The molecule has 94 valence electrons. The van der Waals surface area contributed by atoms with E-state index >= 15 is 0 Å². The zero-order valence-corrected chi connectivity index (χ0v) is 10.8. The topological polar surface area (TPSA) is 29.9 Å². The third-order valence-corrected chi connectivity index (χ3v) is 3.71. The predicted octanol–water partition coefficient (Wildman–Crippen LogP) is 2.90. The number of rotatable bonds is 2. The first-order chi connectivity index (χ1) is 8.86. The highest BCUT2D eigenvalue weighted by molar-refractivity contribution is 5.61. The monoisotopic (exact) mass is 241 g/mol. The predicted molar refractivity (Wildman–Crippen MR) is 73.2 cm³/mol. The van der Waals surface area contributed by atoms with Crippen LogP contribution < -0.4 is 5.32 Å². The van der Waals surface area contributed by atoms with Crippen molar-refractivity contribution in [3.63, 3.8) is 0 Å². The number of hydrogen-bond donors (Lipinski definition) is 1. The Morgan fingerprint density at radius 1 is 1.28 bits per heavy atom. The molecule has 0 aliphatic carbocycles. The Kier molecular flexibility index (Phi) is 3.15. The molecule has 1 unspecified atom stereocenters. The van der Waals surface area contributed by atoms with Crippen LogP contribution in [0.1, 0.15) is 30.9 Å². The molecule has 1 atom stereocenters. The lowest BCUT2D eigenvalue weighted by molar-refractivity contribution is 0.413. The fraction of sp³-hybridized carbons (Fsp3) is 0.400. The van der Waals surface area contributed by atoms with Crippen molar-refractivity contribution in [1.29, 1.82) is 0 Å². The van der Waals surface area contributed by atoms with E-state index in [-0.39, 0.29) is 0 Å². The summed E-state index contributed by atoms with van der Waals surface area (Å²) in [4.78, 5) is 4.48. The van der Waals surface area contributed by atoms with Crippen LogP contribution in [0.3, 0.4) is 0 Å². The molecule has 1 N–H and O–H groups in total. The van der Waals surface area contributed by atoms with E-state index in [4.69, 9.17) is 0 Å². The van der Waals surface area contributed by atoms with Gasteiger partial charge in [0.25, 0.3) is 0 Å². The summed E-state index contributed by atoms with van der Waals surface area (Å²) in [6, 6.07) is 9.10. The minimum Gasteiger partial charge on any atom is -0.334 e. The van der Waals surface area contributed by atoms with Gasteiger partial charge in [0.2, 0.25) is 0 Å². The van der Waals surface area contributed by atoms with Crippen molar-refractivity contribution in [2.75, 3.05) is 6.54 Å². The van der Waals surface area contributed by atoms with Gasteiger partial charge in [-0.25, -0.2) is 4.98 Å². The summed E-state index contributed by atoms with van der Waals surface area (Å²) < 4.78 is 2.08. The summed E-state index contributed by atoms with van der Waals surface area (Å²) in [5, 5.41) is 3.62. The van der Waals surface area contributed by atoms with E-state index in [0.717, 1.165) is 12.4 Å². The summed E-state index contributed by atoms with van der Waals surface area (Å²) in [6.45, 7) is 1.12. The maximum Gasteiger partial charge on any atom is 0.139 e. The second-order valence-electron chi connectivity index (χ2n) is 4.95. The quantitative estimate of drug-likeness (QED) is 0.876. The van der Waals surface area contributed by atoms with Crippen LogP contribution in [0.2, 0.25) is 0 Å². The summed E-state index contributed by atoms with van der Waals surface area (Å²) >= 11 is 0. The number of nitrogens with zero attached hydrogens (tertiary/aromatic N) is 2. The molecular weight excluding hydrogens is 222 g/mol. The van der Waals surface area contributed by atoms with Gasteiger partial charge in [-0.1, -0.05) is 30.7 Å². The molecule has 0 saturated carbocycles. The van der Waals surface area contributed by atoms with Crippen molar-refractivity contribution in [1.82, 2.24) is 14.9 Å². The molecule has 18 heavy (non-hydrogen) atoms. The highest BCUT2D eigenvalue weighted by Crippen LogP contribution is 2.31. The third kappa shape index (κ3) is 2.06. The number of hydrogen-bond acceptors (Lipinski definition) is 2. The van der Waals surface area contributed by atoms with Crippen LogP contribution in [0.15, 0.2) is 36.7 Å². The fourth-order valence-corrected chi connectivity index (χ4v) is 2.75. The molecule has 1 aromatic heterocycles. The van der Waals surface area contributed by atoms with E-state index in [9.17, 15) is 0 Å². The molecule has 1 aliphatic heterocycles. The van der Waals surface area contributed by atoms with Gasteiger partial charge in [0, 0.05) is 31.0 Å². The minimum atomic E-state index is 0.478. The Labute approximate surface area is 108 Å². The number of imidazole rings is 1. The average Bonchev–Trinajstić information content (AvgIpc) is 2.86. The van der Waals surface area contributed by atoms with Crippen molar-refractivity contribution >= 4 is 0 Å². The Morgan fingerprint density at radius 2 is 2.17 bits per heavy atom. The third-order valence-electron chi connectivity index (χ3n) is 3.71. The first kappa shape index (κ1) is 11.5. The second kappa shape index (κ2) is 4.94. The van der Waals surface area contributed by atoms with Crippen molar-refractivity contribution in [2.45, 2.75) is 25.3 Å². The van der Waals surface area contributed by atoms with Crippen LogP contribution in [0.5, 0.6) is 0 Å². The number of benzene rings is 1. The summed E-state index contributed by atoms with van der Waals surface area (Å²) in [6.07, 6.45) is 7.69. The number of nitrogens with one attached hydrogen (secondary N) is 1. The maximum absolute atomic E-state index is 4.48. The van der Waals surface area contributed by atoms with E-state index < -0.39 is 0 Å². The molecule has 1 aliphatic rings. The van der Waals surface area contributed by atoms with Gasteiger partial charge in [-0.3, -0.25) is 0 Å². The molecule has 0 bridgehead atoms. The lowest BCUT2D eigenvalue weighted by atomic mass is 9.93. The van der Waals surface area contributed by atoms with Gasteiger partial charge in [-0.05, 0) is 24.9 Å². The fourth-order valence-electron chi connectivity index (χ4n) is 2.75. The molecule has 1 saturated heterocycles. The van der Waals surface area contributed by atoms with E-state index in [1.165, 1.54) is 30.4 Å². The molecular formula is C15H19N3. The van der Waals surface area contributed by atoms with Gasteiger partial charge in [0.05, 0.1) is 0 Å². The van der Waals surface area contributed by atoms with Gasteiger partial charge in [-0.2, -0.15) is 0 Å². The van der Waals surface area contributed by atoms with Gasteiger partial charge < -0.3 is 9.88 Å². The van der Waals surface area contributed by atoms with Gasteiger partial charge in [0.1, 0.15) is 5.82 Å². The Hall–Kier alpha value is -1.61. The minimum absolute atomic E-state index is 0.478. The lowest BCUT2D eigenvalue weighted by Crippen LogP contribution is -2.27. The van der Waals surface area contributed by atoms with Crippen molar-refractivity contribution in [3.8, 4) is 11.4 Å². The number of piperidine rings is 1. The zero-order chi connectivity index (χ0) is 12.4. The first-order valence-electron chi connectivity index (χ1n) is 6.66. The van der Waals surface area contributed by atoms with E-state index in [1.807, 2.05) is 19.4 Å². The molecule has 1 fully saturated rings. The van der Waals surface area contributed by atoms with Gasteiger partial charge in [0.15, 0.2) is 0 Å². The van der Waals surface area contributed by atoms with Gasteiger partial charge in [-0.15, -0.1) is 0 Å². The summed E-state index contributed by atoms with van der Waals surface area (Å²) in [5.74, 6) is 1.05. The van der Waals surface area contributed by atoms with E-state index in [2.05, 4.69) is 39.1 Å². The lowest BCUT2D eigenvalue weighted by Gasteiger charge is -2.25. The van der Waals surface area contributed by atoms with Crippen molar-refractivity contribution in [3.05, 3.63) is 42.2 Å². The first-order valence-corrected chi connectivity index (χ1v) is 6.66. The Bertz CT molecular complexity index is 524. The average molecular weight is 241 g/mol. The van der Waals surface area contributed by atoms with E-state index in [0.29, 0.717) is 6.04 Å². The molecule has 2 heterocycles. The maximum atomic E-state index is 4.48. The molecule has 3 nitrogen and oxygen atoms in total. The number of aryl methyl sites for hydroxylation is 1. The van der Waals surface area contributed by atoms with Crippen molar-refractivity contribution in [2.24, 2.45) is 7.05 Å². The van der Waals surface area contributed by atoms with Crippen LogP contribution in [-0.4, -0.2) is 16.1 Å². The second-order valence-corrected chi connectivity index (χ2v) is 4.95. The molecule has 2 aromatic rings. The SMILES string of the molecule is Cn1ccnc1-c1ccccc1C1CCCCN1. The highest BCUT2D eigenvalue weighted by atomic mass is 15.0. The standard InChI is InChI=1S/C15H19N3/c1-18-11-10-17-15(18)13-7-3-2-6-12(13)14-8-4-5-9-16-14/h2-3,6-7,10-11,14,16H,4-5,8-9H2,1H3.